The Bertz CT molecular complexity index is 484. The molecule has 0 saturated heterocycles. The van der Waals surface area contributed by atoms with Crippen molar-refractivity contribution in [3.63, 3.8) is 0 Å². The number of quaternary nitrogens is 1. The highest BCUT2D eigenvalue weighted by atomic mass is 16.5. The third kappa shape index (κ3) is 1.69. The zero-order valence-electron chi connectivity index (χ0n) is 12.5. The molecule has 0 unspecified atom stereocenters. The van der Waals surface area contributed by atoms with Gasteiger partial charge in [-0.2, -0.15) is 0 Å². The van der Waals surface area contributed by atoms with Crippen molar-refractivity contribution in [2.24, 2.45) is 0 Å². The van der Waals surface area contributed by atoms with Gasteiger partial charge in [0.2, 0.25) is 0 Å². The van der Waals surface area contributed by atoms with Gasteiger partial charge in [-0.1, -0.05) is 6.07 Å². The molecule has 1 aromatic carbocycles. The Morgan fingerprint density at radius 2 is 1.44 bits per heavy atom. The van der Waals surface area contributed by atoms with E-state index >= 15 is 0 Å². The van der Waals surface area contributed by atoms with Crippen LogP contribution in [0.3, 0.4) is 0 Å². The fourth-order valence-electron chi connectivity index (χ4n) is 2.91. The zero-order chi connectivity index (χ0) is 13.9. The van der Waals surface area contributed by atoms with E-state index in [-0.39, 0.29) is 0 Å². The van der Waals surface area contributed by atoms with Crippen LogP contribution in [0.4, 0.5) is 5.69 Å². The molecule has 0 N–H and O–H groups in total. The molecule has 18 heavy (non-hydrogen) atoms. The Morgan fingerprint density at radius 3 is 1.94 bits per heavy atom. The molecule has 3 heteroatoms. The van der Waals surface area contributed by atoms with Gasteiger partial charge in [0.15, 0.2) is 0 Å². The van der Waals surface area contributed by atoms with E-state index in [0.29, 0.717) is 0 Å². The van der Waals surface area contributed by atoms with Gasteiger partial charge in [0.25, 0.3) is 0 Å². The maximum Gasteiger partial charge on any atom is 0.132 e. The second-order valence-corrected chi connectivity index (χ2v) is 7.15. The molecule has 99 valence electrons. The summed E-state index contributed by atoms with van der Waals surface area (Å²) in [6.45, 7) is 8.01. The summed E-state index contributed by atoms with van der Waals surface area (Å²) >= 11 is 0. The van der Waals surface area contributed by atoms with E-state index in [2.05, 4.69) is 39.3 Å². The molecule has 0 fully saturated rings. The highest BCUT2D eigenvalue weighted by molar-refractivity contribution is 5.53. The van der Waals surface area contributed by atoms with E-state index in [1.165, 1.54) is 10.8 Å². The topological polar surface area (TPSA) is 23.1 Å². The molecule has 1 heterocycles. The Hall–Kier alpha value is -0.900. The lowest BCUT2D eigenvalue weighted by molar-refractivity contribution is -0.266. The molecule has 0 aromatic heterocycles. The molecule has 1 aliphatic heterocycles. The van der Waals surface area contributed by atoms with Gasteiger partial charge in [-0.25, -0.2) is 0 Å². The third-order valence-electron chi connectivity index (χ3n) is 4.11. The summed E-state index contributed by atoms with van der Waals surface area (Å²) < 4.78 is 0.767. The summed E-state index contributed by atoms with van der Waals surface area (Å²) in [6.07, 6.45) is 0. The minimum atomic E-state index is -0.454. The predicted molar refractivity (Wildman–Crippen MR) is 74.6 cm³/mol. The van der Waals surface area contributed by atoms with Gasteiger partial charge in [0, 0.05) is 6.07 Å². The standard InChI is InChI=1S/C15H24N2O/c1-14(2)12-9-8-11(17(5,6)7)10-13(12)15(3,4)16(14)18/h8-10H,1-7H3/q+1. The van der Waals surface area contributed by atoms with Gasteiger partial charge < -0.3 is 0 Å². The van der Waals surface area contributed by atoms with Crippen molar-refractivity contribution in [1.82, 2.24) is 9.55 Å². The summed E-state index contributed by atoms with van der Waals surface area (Å²) in [6, 6.07) is 6.44. The summed E-state index contributed by atoms with van der Waals surface area (Å²) in [5, 5.41) is 13.7. The normalized spacial score (nSPS) is 22.0. The van der Waals surface area contributed by atoms with E-state index in [9.17, 15) is 5.21 Å². The van der Waals surface area contributed by atoms with Gasteiger partial charge in [0.1, 0.15) is 5.69 Å². The first-order valence-electron chi connectivity index (χ1n) is 6.43. The van der Waals surface area contributed by atoms with E-state index in [1.807, 2.05) is 27.7 Å². The van der Waals surface area contributed by atoms with Crippen molar-refractivity contribution in [1.29, 1.82) is 0 Å². The molecule has 1 aliphatic rings. The van der Waals surface area contributed by atoms with Gasteiger partial charge in [-0.05, 0) is 44.9 Å². The second kappa shape index (κ2) is 3.56. The summed E-state index contributed by atoms with van der Waals surface area (Å²) in [5.74, 6) is 0. The lowest BCUT2D eigenvalue weighted by Crippen LogP contribution is -2.41. The molecular weight excluding hydrogens is 224 g/mol. The average molecular weight is 248 g/mol. The lowest BCUT2D eigenvalue weighted by Gasteiger charge is -2.32. The van der Waals surface area contributed by atoms with Crippen LogP contribution in [0.2, 0.25) is 0 Å². The fraction of sp³-hybridized carbons (Fsp3) is 0.600. The summed E-state index contributed by atoms with van der Waals surface area (Å²) in [4.78, 5) is 0. The Morgan fingerprint density at radius 1 is 0.944 bits per heavy atom. The Kier molecular flexibility index (Phi) is 2.68. The molecule has 0 atom stereocenters. The van der Waals surface area contributed by atoms with Gasteiger partial charge >= 0.3 is 0 Å². The predicted octanol–water partition coefficient (Wildman–Crippen LogP) is 3.01. The second-order valence-electron chi connectivity index (χ2n) is 7.15. The van der Waals surface area contributed by atoms with Crippen LogP contribution in [-0.2, 0) is 16.3 Å². The van der Waals surface area contributed by atoms with E-state index < -0.39 is 11.1 Å². The van der Waals surface area contributed by atoms with Gasteiger partial charge in [-0.3, -0.25) is 4.48 Å². The maximum absolute atomic E-state index is 12.5. The maximum atomic E-state index is 12.5. The number of benzene rings is 1. The number of rotatable bonds is 1. The SMILES string of the molecule is CC1(C)c2ccc([N+](C)(C)C)cc2C(C)(C)N1[O]. The lowest BCUT2D eigenvalue weighted by atomic mass is 9.90. The minimum absolute atomic E-state index is 0.442. The van der Waals surface area contributed by atoms with Crippen LogP contribution < -0.4 is 4.48 Å². The first-order chi connectivity index (χ1) is 7.99. The molecular formula is C15H24N2O+. The van der Waals surface area contributed by atoms with Crippen LogP contribution in [0, 0.1) is 0 Å². The number of hydrogen-bond acceptors (Lipinski definition) is 1. The third-order valence-corrected chi connectivity index (χ3v) is 4.11. The van der Waals surface area contributed by atoms with Crippen molar-refractivity contribution in [3.05, 3.63) is 29.3 Å². The smallest absolute Gasteiger partial charge is 0.132 e. The fourth-order valence-corrected chi connectivity index (χ4v) is 2.91. The molecule has 0 bridgehead atoms. The van der Waals surface area contributed by atoms with Crippen LogP contribution >= 0.6 is 0 Å². The highest BCUT2D eigenvalue weighted by Crippen LogP contribution is 2.49. The van der Waals surface area contributed by atoms with Crippen LogP contribution in [0.15, 0.2) is 18.2 Å². The Balaban J connectivity index is 2.66. The van der Waals surface area contributed by atoms with Crippen molar-refractivity contribution < 1.29 is 5.21 Å². The largest absolute Gasteiger partial charge is 0.298 e. The molecule has 0 saturated carbocycles. The zero-order valence-corrected chi connectivity index (χ0v) is 12.5. The monoisotopic (exact) mass is 248 g/mol. The van der Waals surface area contributed by atoms with Gasteiger partial charge in [0.05, 0.1) is 32.2 Å². The first kappa shape index (κ1) is 13.5. The minimum Gasteiger partial charge on any atom is -0.298 e. The van der Waals surface area contributed by atoms with Crippen molar-refractivity contribution in [2.75, 3.05) is 21.1 Å². The number of hydroxylamine groups is 2. The van der Waals surface area contributed by atoms with Crippen LogP contribution in [-0.4, -0.2) is 26.2 Å². The molecule has 2 rings (SSSR count). The number of fused-ring (bicyclic) bond motifs is 1. The average Bonchev–Trinajstić information content (AvgIpc) is 2.37. The van der Waals surface area contributed by atoms with Crippen LogP contribution in [0.1, 0.15) is 38.8 Å². The number of nitrogens with zero attached hydrogens (tertiary/aromatic N) is 2. The molecule has 1 aromatic rings. The van der Waals surface area contributed by atoms with E-state index in [1.54, 1.807) is 0 Å². The summed E-state index contributed by atoms with van der Waals surface area (Å²) in [5.41, 5.74) is 2.65. The number of hydrogen-bond donors (Lipinski definition) is 0. The first-order valence-corrected chi connectivity index (χ1v) is 6.43. The van der Waals surface area contributed by atoms with Crippen molar-refractivity contribution >= 4 is 5.69 Å². The molecule has 0 spiro atoms. The van der Waals surface area contributed by atoms with Crippen LogP contribution in [0.5, 0.6) is 0 Å². The highest BCUT2D eigenvalue weighted by Gasteiger charge is 2.50. The van der Waals surface area contributed by atoms with E-state index in [0.717, 1.165) is 15.6 Å². The molecule has 0 aliphatic carbocycles. The van der Waals surface area contributed by atoms with E-state index in [4.69, 9.17) is 0 Å². The Labute approximate surface area is 110 Å². The summed E-state index contributed by atoms with van der Waals surface area (Å²) in [7, 11) is 6.43. The van der Waals surface area contributed by atoms with Gasteiger partial charge in [-0.15, -0.1) is 10.3 Å². The molecule has 3 nitrogen and oxygen atoms in total. The van der Waals surface area contributed by atoms with Crippen LogP contribution in [0.25, 0.3) is 0 Å². The van der Waals surface area contributed by atoms with Crippen molar-refractivity contribution in [3.8, 4) is 0 Å². The molecule has 1 radical (unpaired) electrons. The quantitative estimate of drug-likeness (QED) is 0.701. The van der Waals surface area contributed by atoms with Crippen molar-refractivity contribution in [2.45, 2.75) is 38.8 Å². The molecule has 0 amide bonds.